The Labute approximate surface area is 134 Å². The second kappa shape index (κ2) is 6.87. The molecule has 122 valence electrons. The zero-order chi connectivity index (χ0) is 17.0. The Hall–Kier alpha value is -2.27. The molecule has 0 aliphatic rings. The molecule has 5 heteroatoms. The molecule has 2 atom stereocenters. The summed E-state index contributed by atoms with van der Waals surface area (Å²) in [5, 5.41) is 13.1. The van der Waals surface area contributed by atoms with E-state index in [4.69, 9.17) is 0 Å². The number of halogens is 2. The van der Waals surface area contributed by atoms with Gasteiger partial charge in [-0.3, -0.25) is 4.79 Å². The Morgan fingerprint density at radius 2 is 1.87 bits per heavy atom. The van der Waals surface area contributed by atoms with Crippen molar-refractivity contribution in [1.82, 2.24) is 5.32 Å². The number of hydrogen-bond donors (Lipinski definition) is 2. The summed E-state index contributed by atoms with van der Waals surface area (Å²) >= 11 is 0. The van der Waals surface area contributed by atoms with Gasteiger partial charge in [-0.25, -0.2) is 8.78 Å². The van der Waals surface area contributed by atoms with E-state index in [0.717, 1.165) is 12.1 Å². The molecule has 2 unspecified atom stereocenters. The van der Waals surface area contributed by atoms with E-state index in [0.29, 0.717) is 5.56 Å². The van der Waals surface area contributed by atoms with E-state index in [1.165, 1.54) is 6.07 Å². The molecule has 2 aromatic carbocycles. The number of carbonyl (C=O) groups is 1. The van der Waals surface area contributed by atoms with E-state index in [1.54, 1.807) is 38.1 Å². The lowest BCUT2D eigenvalue weighted by Crippen LogP contribution is -2.34. The fraction of sp³-hybridized carbons (Fsp3) is 0.278. The summed E-state index contributed by atoms with van der Waals surface area (Å²) in [5.41, 5.74) is -0.512. The van der Waals surface area contributed by atoms with E-state index in [-0.39, 0.29) is 12.0 Å². The lowest BCUT2D eigenvalue weighted by Gasteiger charge is -2.24. The predicted molar refractivity (Wildman–Crippen MR) is 83.5 cm³/mol. The zero-order valence-corrected chi connectivity index (χ0v) is 13.0. The molecule has 1 amide bonds. The molecule has 0 aliphatic heterocycles. The van der Waals surface area contributed by atoms with Gasteiger partial charge in [0.25, 0.3) is 0 Å². The molecule has 0 saturated carbocycles. The van der Waals surface area contributed by atoms with Gasteiger partial charge in [0.1, 0.15) is 11.6 Å². The molecular formula is C18H19F2NO2. The Bertz CT molecular complexity index is 687. The van der Waals surface area contributed by atoms with Crippen LogP contribution < -0.4 is 5.32 Å². The van der Waals surface area contributed by atoms with Crippen molar-refractivity contribution < 1.29 is 18.7 Å². The van der Waals surface area contributed by atoms with Gasteiger partial charge in [0, 0.05) is 11.6 Å². The van der Waals surface area contributed by atoms with Crippen molar-refractivity contribution in [1.29, 1.82) is 0 Å². The molecule has 0 radical (unpaired) electrons. The molecule has 0 bridgehead atoms. The van der Waals surface area contributed by atoms with Gasteiger partial charge in [-0.05, 0) is 25.5 Å². The maximum atomic E-state index is 13.7. The smallest absolute Gasteiger partial charge is 0.223 e. The fourth-order valence-corrected chi connectivity index (χ4v) is 2.43. The van der Waals surface area contributed by atoms with Crippen LogP contribution in [0.3, 0.4) is 0 Å². The Balaban J connectivity index is 2.04. The average Bonchev–Trinajstić information content (AvgIpc) is 2.47. The quantitative estimate of drug-likeness (QED) is 0.887. The monoisotopic (exact) mass is 319 g/mol. The summed E-state index contributed by atoms with van der Waals surface area (Å²) in [6.07, 6.45) is -0.163. The van der Waals surface area contributed by atoms with Crippen molar-refractivity contribution in [2.24, 2.45) is 0 Å². The number of nitrogens with one attached hydrogen (secondary N) is 1. The van der Waals surface area contributed by atoms with Crippen LogP contribution in [0.1, 0.15) is 37.4 Å². The number of carbonyl (C=O) groups excluding carboxylic acids is 1. The number of aliphatic hydroxyl groups is 1. The highest BCUT2D eigenvalue weighted by molar-refractivity contribution is 5.77. The summed E-state index contributed by atoms with van der Waals surface area (Å²) in [5.74, 6) is -1.81. The maximum Gasteiger partial charge on any atom is 0.223 e. The first-order valence-electron chi connectivity index (χ1n) is 7.32. The van der Waals surface area contributed by atoms with Crippen molar-refractivity contribution in [2.75, 3.05) is 0 Å². The van der Waals surface area contributed by atoms with Gasteiger partial charge in [0.05, 0.1) is 18.1 Å². The van der Waals surface area contributed by atoms with Crippen LogP contribution in [0, 0.1) is 11.6 Å². The van der Waals surface area contributed by atoms with Crippen molar-refractivity contribution in [3.8, 4) is 0 Å². The highest BCUT2D eigenvalue weighted by Gasteiger charge is 2.27. The molecule has 0 aliphatic carbocycles. The van der Waals surface area contributed by atoms with E-state index < -0.39 is 29.2 Å². The van der Waals surface area contributed by atoms with Crippen molar-refractivity contribution in [2.45, 2.75) is 31.9 Å². The van der Waals surface area contributed by atoms with Gasteiger partial charge in [-0.1, -0.05) is 36.4 Å². The van der Waals surface area contributed by atoms with E-state index in [1.807, 2.05) is 6.07 Å². The number of rotatable bonds is 5. The Kier molecular flexibility index (Phi) is 5.11. The van der Waals surface area contributed by atoms with E-state index in [2.05, 4.69) is 5.32 Å². The summed E-state index contributed by atoms with van der Waals surface area (Å²) in [6.45, 7) is 3.15. The normalized spacial score (nSPS) is 14.8. The number of amides is 1. The fourth-order valence-electron chi connectivity index (χ4n) is 2.43. The molecule has 2 rings (SSSR count). The minimum atomic E-state index is -1.33. The molecule has 0 aromatic heterocycles. The molecule has 0 spiro atoms. The molecule has 23 heavy (non-hydrogen) atoms. The topological polar surface area (TPSA) is 49.3 Å². The molecular weight excluding hydrogens is 300 g/mol. The van der Waals surface area contributed by atoms with Crippen LogP contribution in [0.4, 0.5) is 8.78 Å². The summed E-state index contributed by atoms with van der Waals surface area (Å²) < 4.78 is 26.6. The lowest BCUT2D eigenvalue weighted by molar-refractivity contribution is -0.126. The largest absolute Gasteiger partial charge is 0.385 e. The van der Waals surface area contributed by atoms with E-state index in [9.17, 15) is 18.7 Å². The second-order valence-electron chi connectivity index (χ2n) is 5.77. The van der Waals surface area contributed by atoms with Crippen LogP contribution in [-0.2, 0) is 10.4 Å². The van der Waals surface area contributed by atoms with Gasteiger partial charge in [0.2, 0.25) is 5.91 Å². The van der Waals surface area contributed by atoms with Gasteiger partial charge >= 0.3 is 0 Å². The Morgan fingerprint density at radius 3 is 2.48 bits per heavy atom. The SMILES string of the molecule is CC(NC(=O)CC(C)(O)c1ccccc1)c1ccc(F)cc1F. The molecule has 2 N–H and O–H groups in total. The van der Waals surface area contributed by atoms with Crippen LogP contribution in [0.15, 0.2) is 48.5 Å². The molecule has 0 fully saturated rings. The molecule has 2 aromatic rings. The predicted octanol–water partition coefficient (Wildman–Crippen LogP) is 3.44. The van der Waals surface area contributed by atoms with Gasteiger partial charge in [-0.2, -0.15) is 0 Å². The molecule has 3 nitrogen and oxygen atoms in total. The lowest BCUT2D eigenvalue weighted by atomic mass is 9.92. The van der Waals surface area contributed by atoms with Crippen LogP contribution in [-0.4, -0.2) is 11.0 Å². The van der Waals surface area contributed by atoms with Gasteiger partial charge in [0.15, 0.2) is 0 Å². The highest BCUT2D eigenvalue weighted by Crippen LogP contribution is 2.25. The third-order valence-corrected chi connectivity index (χ3v) is 3.71. The maximum absolute atomic E-state index is 13.7. The first kappa shape index (κ1) is 17.1. The first-order chi connectivity index (χ1) is 10.8. The molecule has 0 heterocycles. The highest BCUT2D eigenvalue weighted by atomic mass is 19.1. The van der Waals surface area contributed by atoms with Crippen LogP contribution in [0.5, 0.6) is 0 Å². The van der Waals surface area contributed by atoms with Crippen molar-refractivity contribution in [3.05, 3.63) is 71.3 Å². The van der Waals surface area contributed by atoms with Gasteiger partial charge in [-0.15, -0.1) is 0 Å². The Morgan fingerprint density at radius 1 is 1.22 bits per heavy atom. The van der Waals surface area contributed by atoms with Crippen molar-refractivity contribution in [3.63, 3.8) is 0 Å². The first-order valence-corrected chi connectivity index (χ1v) is 7.32. The standard InChI is InChI=1S/C18H19F2NO2/c1-12(15-9-8-14(19)10-16(15)20)21-17(22)11-18(2,23)13-6-4-3-5-7-13/h3-10,12,23H,11H2,1-2H3,(H,21,22). The summed E-state index contributed by atoms with van der Waals surface area (Å²) in [4.78, 5) is 12.1. The minimum Gasteiger partial charge on any atom is -0.385 e. The third-order valence-electron chi connectivity index (χ3n) is 3.71. The average molecular weight is 319 g/mol. The third kappa shape index (κ3) is 4.36. The number of hydrogen-bond acceptors (Lipinski definition) is 2. The zero-order valence-electron chi connectivity index (χ0n) is 13.0. The van der Waals surface area contributed by atoms with Crippen LogP contribution in [0.25, 0.3) is 0 Å². The van der Waals surface area contributed by atoms with E-state index >= 15 is 0 Å². The van der Waals surface area contributed by atoms with Crippen LogP contribution in [0.2, 0.25) is 0 Å². The molecule has 0 saturated heterocycles. The number of benzene rings is 2. The van der Waals surface area contributed by atoms with Crippen molar-refractivity contribution >= 4 is 5.91 Å². The van der Waals surface area contributed by atoms with Gasteiger partial charge < -0.3 is 10.4 Å². The minimum absolute atomic E-state index is 0.163. The summed E-state index contributed by atoms with van der Waals surface area (Å²) in [7, 11) is 0. The second-order valence-corrected chi connectivity index (χ2v) is 5.77. The summed E-state index contributed by atoms with van der Waals surface area (Å²) in [6, 6.07) is 11.4. The van der Waals surface area contributed by atoms with Crippen LogP contribution >= 0.6 is 0 Å².